The van der Waals surface area contributed by atoms with Crippen molar-refractivity contribution in [3.63, 3.8) is 0 Å². The third kappa shape index (κ3) is 4.15. The number of anilines is 2. The number of methoxy groups -OCH3 is 1. The van der Waals surface area contributed by atoms with Gasteiger partial charge in [-0.3, -0.25) is 0 Å². The smallest absolute Gasteiger partial charge is 0.122 e. The van der Waals surface area contributed by atoms with Crippen molar-refractivity contribution >= 4 is 11.4 Å². The summed E-state index contributed by atoms with van der Waals surface area (Å²) >= 11 is 0. The molecule has 0 amide bonds. The molecule has 0 spiro atoms. The lowest BCUT2D eigenvalue weighted by Crippen LogP contribution is -2.27. The topological polar surface area (TPSA) is 47.7 Å². The quantitative estimate of drug-likeness (QED) is 0.584. The standard InChI is InChI=1S/C13H22N2O2/c1-4-15(6-7-17-5-2)12-8-11(14)9-13(10-12)16-3/h8-10H,4-7,14H2,1-3H3. The van der Waals surface area contributed by atoms with E-state index in [0.717, 1.165) is 37.7 Å². The Labute approximate surface area is 103 Å². The third-order valence-electron chi connectivity index (χ3n) is 2.61. The Balaban J connectivity index is 2.76. The maximum Gasteiger partial charge on any atom is 0.122 e. The molecule has 0 fully saturated rings. The van der Waals surface area contributed by atoms with E-state index >= 15 is 0 Å². The van der Waals surface area contributed by atoms with Crippen LogP contribution in [-0.2, 0) is 4.74 Å². The Morgan fingerprint density at radius 2 is 2.00 bits per heavy atom. The van der Waals surface area contributed by atoms with E-state index in [-0.39, 0.29) is 0 Å². The zero-order valence-electron chi connectivity index (χ0n) is 10.9. The van der Waals surface area contributed by atoms with Crippen LogP contribution >= 0.6 is 0 Å². The molecular weight excluding hydrogens is 216 g/mol. The normalized spacial score (nSPS) is 10.3. The number of benzene rings is 1. The van der Waals surface area contributed by atoms with Gasteiger partial charge in [-0.25, -0.2) is 0 Å². The minimum atomic E-state index is 0.717. The van der Waals surface area contributed by atoms with Crippen LogP contribution in [0.3, 0.4) is 0 Å². The fourth-order valence-corrected chi connectivity index (χ4v) is 1.70. The second-order valence-corrected chi connectivity index (χ2v) is 3.74. The van der Waals surface area contributed by atoms with Crippen molar-refractivity contribution in [2.24, 2.45) is 0 Å². The summed E-state index contributed by atoms with van der Waals surface area (Å²) < 4.78 is 10.6. The lowest BCUT2D eigenvalue weighted by molar-refractivity contribution is 0.154. The highest BCUT2D eigenvalue weighted by molar-refractivity contribution is 5.60. The molecule has 0 bridgehead atoms. The minimum Gasteiger partial charge on any atom is -0.497 e. The van der Waals surface area contributed by atoms with Gasteiger partial charge in [0.1, 0.15) is 5.75 Å². The molecule has 0 aromatic heterocycles. The van der Waals surface area contributed by atoms with E-state index in [0.29, 0.717) is 5.69 Å². The summed E-state index contributed by atoms with van der Waals surface area (Å²) in [6.07, 6.45) is 0. The van der Waals surface area contributed by atoms with Gasteiger partial charge < -0.3 is 20.1 Å². The number of ether oxygens (including phenoxy) is 2. The van der Waals surface area contributed by atoms with Crippen LogP contribution in [0, 0.1) is 0 Å². The molecule has 4 heteroatoms. The van der Waals surface area contributed by atoms with Crippen LogP contribution < -0.4 is 15.4 Å². The summed E-state index contributed by atoms with van der Waals surface area (Å²) in [5, 5.41) is 0. The second kappa shape index (κ2) is 7.01. The van der Waals surface area contributed by atoms with Crippen LogP contribution in [0.2, 0.25) is 0 Å². The molecule has 4 nitrogen and oxygen atoms in total. The van der Waals surface area contributed by atoms with Crippen LogP contribution in [0.4, 0.5) is 11.4 Å². The predicted molar refractivity (Wildman–Crippen MR) is 71.8 cm³/mol. The molecule has 17 heavy (non-hydrogen) atoms. The number of hydrogen-bond donors (Lipinski definition) is 1. The number of rotatable bonds is 7. The lowest BCUT2D eigenvalue weighted by Gasteiger charge is -2.23. The van der Waals surface area contributed by atoms with Crippen molar-refractivity contribution in [3.8, 4) is 5.75 Å². The van der Waals surface area contributed by atoms with E-state index in [9.17, 15) is 0 Å². The van der Waals surface area contributed by atoms with Crippen molar-refractivity contribution in [2.75, 3.05) is 44.0 Å². The first-order valence-corrected chi connectivity index (χ1v) is 5.98. The van der Waals surface area contributed by atoms with E-state index < -0.39 is 0 Å². The average Bonchev–Trinajstić information content (AvgIpc) is 2.34. The van der Waals surface area contributed by atoms with E-state index in [1.807, 2.05) is 25.1 Å². The molecule has 0 radical (unpaired) electrons. The van der Waals surface area contributed by atoms with Gasteiger partial charge in [0, 0.05) is 43.2 Å². The molecule has 96 valence electrons. The van der Waals surface area contributed by atoms with E-state index in [2.05, 4.69) is 11.8 Å². The summed E-state index contributed by atoms with van der Waals surface area (Å²) in [6.45, 7) is 7.36. The highest BCUT2D eigenvalue weighted by Gasteiger charge is 2.06. The number of hydrogen-bond acceptors (Lipinski definition) is 4. The minimum absolute atomic E-state index is 0.717. The van der Waals surface area contributed by atoms with Crippen molar-refractivity contribution in [1.82, 2.24) is 0 Å². The molecule has 2 N–H and O–H groups in total. The predicted octanol–water partition coefficient (Wildman–Crippen LogP) is 2.14. The average molecular weight is 238 g/mol. The van der Waals surface area contributed by atoms with Crippen molar-refractivity contribution < 1.29 is 9.47 Å². The lowest BCUT2D eigenvalue weighted by atomic mass is 10.2. The summed E-state index contributed by atoms with van der Waals surface area (Å²) in [4.78, 5) is 2.22. The fourth-order valence-electron chi connectivity index (χ4n) is 1.70. The van der Waals surface area contributed by atoms with E-state index in [1.54, 1.807) is 7.11 Å². The first-order chi connectivity index (χ1) is 8.21. The monoisotopic (exact) mass is 238 g/mol. The zero-order chi connectivity index (χ0) is 12.7. The Morgan fingerprint density at radius 3 is 2.59 bits per heavy atom. The van der Waals surface area contributed by atoms with Gasteiger partial charge in [0.15, 0.2) is 0 Å². The molecule has 1 aromatic carbocycles. The van der Waals surface area contributed by atoms with E-state index in [4.69, 9.17) is 15.2 Å². The number of nitrogen functional groups attached to an aromatic ring is 1. The van der Waals surface area contributed by atoms with Crippen LogP contribution in [0.5, 0.6) is 5.75 Å². The van der Waals surface area contributed by atoms with Crippen molar-refractivity contribution in [2.45, 2.75) is 13.8 Å². The fraction of sp³-hybridized carbons (Fsp3) is 0.538. The van der Waals surface area contributed by atoms with Gasteiger partial charge in [-0.15, -0.1) is 0 Å². The van der Waals surface area contributed by atoms with Gasteiger partial charge in [0.25, 0.3) is 0 Å². The maximum absolute atomic E-state index is 5.84. The molecular formula is C13H22N2O2. The maximum atomic E-state index is 5.84. The van der Waals surface area contributed by atoms with Crippen LogP contribution in [0.1, 0.15) is 13.8 Å². The van der Waals surface area contributed by atoms with Crippen LogP contribution in [0.25, 0.3) is 0 Å². The molecule has 0 heterocycles. The molecule has 0 aliphatic heterocycles. The zero-order valence-corrected chi connectivity index (χ0v) is 10.9. The highest BCUT2D eigenvalue weighted by Crippen LogP contribution is 2.25. The van der Waals surface area contributed by atoms with Crippen molar-refractivity contribution in [1.29, 1.82) is 0 Å². The first-order valence-electron chi connectivity index (χ1n) is 5.98. The number of likely N-dealkylation sites (N-methyl/N-ethyl adjacent to an activating group) is 1. The van der Waals surface area contributed by atoms with Gasteiger partial charge in [-0.2, -0.15) is 0 Å². The number of nitrogens with two attached hydrogens (primary N) is 1. The SMILES string of the molecule is CCOCCN(CC)c1cc(N)cc(OC)c1. The summed E-state index contributed by atoms with van der Waals surface area (Å²) in [6, 6.07) is 5.77. The molecule has 0 unspecified atom stereocenters. The molecule has 0 aliphatic rings. The molecule has 0 aliphatic carbocycles. The third-order valence-corrected chi connectivity index (χ3v) is 2.61. The Kier molecular flexibility index (Phi) is 5.63. The number of nitrogens with zero attached hydrogens (tertiary/aromatic N) is 1. The molecule has 0 saturated heterocycles. The van der Waals surface area contributed by atoms with Crippen LogP contribution in [0.15, 0.2) is 18.2 Å². The summed E-state index contributed by atoms with van der Waals surface area (Å²) in [5.74, 6) is 0.787. The Hall–Kier alpha value is -1.42. The Morgan fingerprint density at radius 1 is 1.24 bits per heavy atom. The van der Waals surface area contributed by atoms with Gasteiger partial charge in [0.05, 0.1) is 13.7 Å². The Bertz CT molecular complexity index is 342. The molecule has 0 atom stereocenters. The molecule has 1 aromatic rings. The van der Waals surface area contributed by atoms with Crippen molar-refractivity contribution in [3.05, 3.63) is 18.2 Å². The van der Waals surface area contributed by atoms with Gasteiger partial charge >= 0.3 is 0 Å². The molecule has 1 rings (SSSR count). The first kappa shape index (κ1) is 13.6. The summed E-state index contributed by atoms with van der Waals surface area (Å²) in [5.41, 5.74) is 7.63. The second-order valence-electron chi connectivity index (χ2n) is 3.74. The molecule has 0 saturated carbocycles. The highest BCUT2D eigenvalue weighted by atomic mass is 16.5. The van der Waals surface area contributed by atoms with Crippen LogP contribution in [-0.4, -0.2) is 33.4 Å². The summed E-state index contributed by atoms with van der Waals surface area (Å²) in [7, 11) is 1.65. The van der Waals surface area contributed by atoms with Gasteiger partial charge in [-0.05, 0) is 19.9 Å². The largest absolute Gasteiger partial charge is 0.497 e. The van der Waals surface area contributed by atoms with E-state index in [1.165, 1.54) is 0 Å². The van der Waals surface area contributed by atoms with Gasteiger partial charge in [-0.1, -0.05) is 0 Å². The van der Waals surface area contributed by atoms with Gasteiger partial charge in [0.2, 0.25) is 0 Å².